The van der Waals surface area contributed by atoms with E-state index in [1.807, 2.05) is 44.2 Å². The van der Waals surface area contributed by atoms with E-state index in [2.05, 4.69) is 15.2 Å². The number of carbonyl (C=O) groups is 2. The number of amides is 1. The fourth-order valence-corrected chi connectivity index (χ4v) is 7.35. The maximum absolute atomic E-state index is 13.8. The van der Waals surface area contributed by atoms with Crippen LogP contribution in [0.25, 0.3) is 0 Å². The van der Waals surface area contributed by atoms with Crippen molar-refractivity contribution in [2.24, 2.45) is 0 Å². The Kier molecular flexibility index (Phi) is 8.55. The van der Waals surface area contributed by atoms with Crippen LogP contribution < -0.4 is 9.64 Å². The zero-order chi connectivity index (χ0) is 28.4. The summed E-state index contributed by atoms with van der Waals surface area (Å²) in [6, 6.07) is 13.8. The number of aromatic nitrogens is 3. The topological polar surface area (TPSA) is 106 Å². The van der Waals surface area contributed by atoms with Crippen LogP contribution in [-0.2, 0) is 10.5 Å². The highest BCUT2D eigenvalue weighted by molar-refractivity contribution is 8.00. The van der Waals surface area contributed by atoms with Gasteiger partial charge >= 0.3 is 0 Å². The van der Waals surface area contributed by atoms with Gasteiger partial charge in [-0.3, -0.25) is 14.5 Å². The number of carbonyl (C=O) groups excluding carboxylic acids is 2. The van der Waals surface area contributed by atoms with E-state index in [9.17, 15) is 14.7 Å². The Morgan fingerprint density at radius 2 is 1.95 bits per heavy atom. The summed E-state index contributed by atoms with van der Waals surface area (Å²) in [6.07, 6.45) is 0.826. The second-order valence-electron chi connectivity index (χ2n) is 8.97. The highest BCUT2D eigenvalue weighted by atomic mass is 35.5. The van der Waals surface area contributed by atoms with E-state index in [0.29, 0.717) is 43.6 Å². The number of hydrogen-bond acceptors (Lipinski definition) is 10. The molecular weight excluding hydrogens is 588 g/mol. The molecule has 40 heavy (non-hydrogen) atoms. The molecule has 206 valence electrons. The molecule has 1 aliphatic rings. The minimum atomic E-state index is -0.929. The number of rotatable bonds is 10. The van der Waals surface area contributed by atoms with E-state index in [-0.39, 0.29) is 10.7 Å². The first-order valence-corrected chi connectivity index (χ1v) is 15.5. The lowest BCUT2D eigenvalue weighted by atomic mass is 9.95. The Balaban J connectivity index is 1.53. The first kappa shape index (κ1) is 28.3. The lowest BCUT2D eigenvalue weighted by molar-refractivity contribution is -0.117. The van der Waals surface area contributed by atoms with Gasteiger partial charge in [0.1, 0.15) is 5.75 Å². The summed E-state index contributed by atoms with van der Waals surface area (Å²) in [5, 5.41) is 21.3. The predicted octanol–water partition coefficient (Wildman–Crippen LogP) is 7.13. The summed E-state index contributed by atoms with van der Waals surface area (Å²) in [5.74, 6) is -0.603. The van der Waals surface area contributed by atoms with Crippen LogP contribution in [0, 0.1) is 13.8 Å². The van der Waals surface area contributed by atoms with Crippen molar-refractivity contribution < 1.29 is 19.4 Å². The summed E-state index contributed by atoms with van der Waals surface area (Å²) in [6.45, 7) is 6.08. The fourth-order valence-electron chi connectivity index (χ4n) is 4.32. The number of aliphatic hydroxyl groups excluding tert-OH is 1. The predicted molar refractivity (Wildman–Crippen MR) is 159 cm³/mol. The highest BCUT2D eigenvalue weighted by Crippen LogP contribution is 2.45. The van der Waals surface area contributed by atoms with Crippen LogP contribution >= 0.6 is 46.0 Å². The highest BCUT2D eigenvalue weighted by Gasteiger charge is 2.46. The monoisotopic (exact) mass is 612 g/mol. The molecule has 5 rings (SSSR count). The van der Waals surface area contributed by atoms with E-state index in [1.165, 1.54) is 39.3 Å². The van der Waals surface area contributed by atoms with Gasteiger partial charge in [-0.2, -0.15) is 0 Å². The van der Waals surface area contributed by atoms with Gasteiger partial charge in [-0.15, -0.1) is 21.5 Å². The third kappa shape index (κ3) is 5.64. The average Bonchev–Trinajstić information content (AvgIpc) is 3.62. The van der Waals surface area contributed by atoms with Crippen molar-refractivity contribution in [3.63, 3.8) is 0 Å². The number of aliphatic hydroxyl groups is 1. The molecule has 0 saturated heterocycles. The first-order chi connectivity index (χ1) is 19.3. The average molecular weight is 613 g/mol. The molecular formula is C28H25ClN4O4S3. The molecule has 1 unspecified atom stereocenters. The zero-order valence-corrected chi connectivity index (χ0v) is 25.1. The molecule has 3 heterocycles. The number of thiazole rings is 1. The summed E-state index contributed by atoms with van der Waals surface area (Å²) < 4.78 is 6.45. The molecule has 2 aromatic carbocycles. The summed E-state index contributed by atoms with van der Waals surface area (Å²) in [5.41, 5.74) is 2.08. The standard InChI is InChI=1S/C28H25ClN4O4S3/c1-4-12-37-19-10-7-9-17(13-19)22-21(23(34)25-15(2)30-16(3)39-25)24(35)26(36)33(22)27-31-32-28(40-27)38-14-18-8-5-6-11-20(18)29/h5-11,13,22,35H,4,12,14H2,1-3H3. The number of anilines is 1. The number of hydrogen-bond donors (Lipinski definition) is 1. The largest absolute Gasteiger partial charge is 0.503 e. The Labute approximate surface area is 248 Å². The molecule has 4 aromatic rings. The molecule has 1 N–H and O–H groups in total. The molecule has 0 spiro atoms. The normalized spacial score (nSPS) is 15.2. The minimum absolute atomic E-state index is 0.0233. The fraction of sp³-hybridized carbons (Fsp3) is 0.250. The van der Waals surface area contributed by atoms with Gasteiger partial charge in [0.2, 0.25) is 10.9 Å². The maximum atomic E-state index is 13.8. The van der Waals surface area contributed by atoms with Gasteiger partial charge in [-0.05, 0) is 49.6 Å². The number of aryl methyl sites for hydroxylation is 2. The van der Waals surface area contributed by atoms with E-state index >= 15 is 0 Å². The van der Waals surface area contributed by atoms with Crippen molar-refractivity contribution in [2.75, 3.05) is 11.5 Å². The van der Waals surface area contributed by atoms with Gasteiger partial charge < -0.3 is 9.84 Å². The van der Waals surface area contributed by atoms with E-state index in [1.54, 1.807) is 25.1 Å². The third-order valence-electron chi connectivity index (χ3n) is 6.12. The number of Topliss-reactive ketones (excluding diaryl/α,β-unsaturated/α-hetero) is 1. The minimum Gasteiger partial charge on any atom is -0.503 e. The second kappa shape index (κ2) is 12.1. The molecule has 0 aliphatic carbocycles. The summed E-state index contributed by atoms with van der Waals surface area (Å²) in [4.78, 5) is 33.5. The van der Waals surface area contributed by atoms with Crippen molar-refractivity contribution >= 4 is 62.9 Å². The lowest BCUT2D eigenvalue weighted by Gasteiger charge is -2.24. The summed E-state index contributed by atoms with van der Waals surface area (Å²) >= 11 is 10.2. The van der Waals surface area contributed by atoms with Crippen LogP contribution in [0.5, 0.6) is 5.75 Å². The smallest absolute Gasteiger partial charge is 0.296 e. The van der Waals surface area contributed by atoms with E-state index < -0.39 is 23.5 Å². The molecule has 0 bridgehead atoms. The van der Waals surface area contributed by atoms with Crippen LogP contribution in [0.2, 0.25) is 5.02 Å². The molecule has 2 aromatic heterocycles. The van der Waals surface area contributed by atoms with Gasteiger partial charge in [0, 0.05) is 10.8 Å². The van der Waals surface area contributed by atoms with E-state index in [4.69, 9.17) is 16.3 Å². The SMILES string of the molecule is CCCOc1cccc(C2C(C(=O)c3sc(C)nc3C)=C(O)C(=O)N2c2nnc(SCc3ccccc3Cl)s2)c1. The van der Waals surface area contributed by atoms with Gasteiger partial charge in [0.25, 0.3) is 5.91 Å². The maximum Gasteiger partial charge on any atom is 0.296 e. The molecule has 8 nitrogen and oxygen atoms in total. The number of ether oxygens (including phenoxy) is 1. The Bertz CT molecular complexity index is 1620. The van der Waals surface area contributed by atoms with Crippen LogP contribution in [0.15, 0.2) is 64.2 Å². The summed E-state index contributed by atoms with van der Waals surface area (Å²) in [7, 11) is 0. The zero-order valence-electron chi connectivity index (χ0n) is 21.9. The number of benzene rings is 2. The van der Waals surface area contributed by atoms with Crippen molar-refractivity contribution in [2.45, 2.75) is 43.3 Å². The van der Waals surface area contributed by atoms with Crippen molar-refractivity contribution in [1.82, 2.24) is 15.2 Å². The Hall–Kier alpha value is -3.25. The van der Waals surface area contributed by atoms with Crippen molar-refractivity contribution in [3.8, 4) is 5.75 Å². The van der Waals surface area contributed by atoms with Crippen LogP contribution in [-0.4, -0.2) is 38.6 Å². The molecule has 0 saturated carbocycles. The van der Waals surface area contributed by atoms with Gasteiger partial charge in [0.05, 0.1) is 33.8 Å². The molecule has 1 atom stereocenters. The molecule has 0 fully saturated rings. The molecule has 1 aliphatic heterocycles. The molecule has 12 heteroatoms. The number of ketones is 1. The lowest BCUT2D eigenvalue weighted by Crippen LogP contribution is -2.31. The van der Waals surface area contributed by atoms with E-state index in [0.717, 1.165) is 17.0 Å². The third-order valence-corrected chi connectivity index (χ3v) is 9.67. The Morgan fingerprint density at radius 3 is 2.67 bits per heavy atom. The molecule has 1 amide bonds. The van der Waals surface area contributed by atoms with Gasteiger partial charge in [0.15, 0.2) is 10.1 Å². The Morgan fingerprint density at radius 1 is 1.15 bits per heavy atom. The van der Waals surface area contributed by atoms with Crippen molar-refractivity contribution in [1.29, 1.82) is 0 Å². The quantitative estimate of drug-likeness (QED) is 0.115. The van der Waals surface area contributed by atoms with Crippen LogP contribution in [0.3, 0.4) is 0 Å². The van der Waals surface area contributed by atoms with Gasteiger partial charge in [-0.1, -0.05) is 72.0 Å². The second-order valence-corrected chi connectivity index (χ2v) is 12.8. The number of thioether (sulfide) groups is 1. The number of halogens is 1. The van der Waals surface area contributed by atoms with Crippen LogP contribution in [0.4, 0.5) is 5.13 Å². The number of nitrogens with zero attached hydrogens (tertiary/aromatic N) is 4. The van der Waals surface area contributed by atoms with Gasteiger partial charge in [-0.25, -0.2) is 4.98 Å². The first-order valence-electron chi connectivity index (χ1n) is 12.5. The van der Waals surface area contributed by atoms with Crippen molar-refractivity contribution in [3.05, 3.63) is 91.6 Å². The van der Waals surface area contributed by atoms with Crippen LogP contribution in [0.1, 0.15) is 50.9 Å². The molecule has 0 radical (unpaired) electrons.